The number of rotatable bonds is 3. The summed E-state index contributed by atoms with van der Waals surface area (Å²) in [6.07, 6.45) is 2.92. The van der Waals surface area contributed by atoms with Crippen LogP contribution in [0.4, 0.5) is 0 Å². The van der Waals surface area contributed by atoms with E-state index in [1.165, 1.54) is 19.1 Å². The average molecular weight is 191 g/mol. The zero-order valence-corrected chi connectivity index (χ0v) is 7.47. The molecule has 0 aromatic carbocycles. The van der Waals surface area contributed by atoms with Gasteiger partial charge in [-0.25, -0.2) is 4.79 Å². The zero-order valence-electron chi connectivity index (χ0n) is 6.65. The monoisotopic (exact) mass is 190 g/mol. The van der Waals surface area contributed by atoms with E-state index in [-0.39, 0.29) is 18.8 Å². The largest absolute Gasteiger partial charge is 0.480 e. The van der Waals surface area contributed by atoms with Crippen molar-refractivity contribution in [2.45, 2.75) is 18.9 Å². The van der Waals surface area contributed by atoms with Gasteiger partial charge in [-0.2, -0.15) is 5.26 Å². The predicted molar refractivity (Wildman–Crippen MR) is 46.8 cm³/mol. The number of carbonyl (C=O) groups is 1. The number of hydrogen-bond acceptors (Lipinski definition) is 3. The van der Waals surface area contributed by atoms with Crippen LogP contribution in [0.15, 0.2) is 12.2 Å². The first-order valence-corrected chi connectivity index (χ1v) is 3.07. The van der Waals surface area contributed by atoms with Crippen LogP contribution in [0.3, 0.4) is 0 Å². The molecule has 0 aliphatic rings. The van der Waals surface area contributed by atoms with Crippen molar-refractivity contribution in [1.29, 1.82) is 5.26 Å². The molecule has 1 atom stereocenters. The molecule has 0 aliphatic heterocycles. The number of nitrogens with two attached hydrogens (primary N) is 1. The topological polar surface area (TPSA) is 87.1 Å². The second kappa shape index (κ2) is 5.58. The number of nitriles is 1. The van der Waals surface area contributed by atoms with Gasteiger partial charge in [-0.3, -0.25) is 0 Å². The van der Waals surface area contributed by atoms with E-state index in [2.05, 4.69) is 0 Å². The van der Waals surface area contributed by atoms with Crippen molar-refractivity contribution < 1.29 is 9.90 Å². The first-order valence-electron chi connectivity index (χ1n) is 3.07. The van der Waals surface area contributed by atoms with E-state index < -0.39 is 11.5 Å². The van der Waals surface area contributed by atoms with Crippen LogP contribution in [0.1, 0.15) is 13.3 Å². The van der Waals surface area contributed by atoms with Crippen molar-refractivity contribution in [1.82, 2.24) is 0 Å². The summed E-state index contributed by atoms with van der Waals surface area (Å²) in [5, 5.41) is 16.6. The summed E-state index contributed by atoms with van der Waals surface area (Å²) in [6.45, 7) is 1.36. The molecule has 0 heterocycles. The third kappa shape index (κ3) is 4.72. The zero-order chi connectivity index (χ0) is 8.91. The summed E-state index contributed by atoms with van der Waals surface area (Å²) in [4.78, 5) is 10.4. The molecule has 0 saturated carbocycles. The van der Waals surface area contributed by atoms with Crippen LogP contribution in [0.2, 0.25) is 0 Å². The molecule has 0 aromatic heterocycles. The average Bonchev–Trinajstić information content (AvgIpc) is 1.88. The molecular weight excluding hydrogens is 180 g/mol. The summed E-state index contributed by atoms with van der Waals surface area (Å²) in [5.74, 6) is -1.10. The van der Waals surface area contributed by atoms with Gasteiger partial charge in [0.05, 0.1) is 12.5 Å². The molecule has 0 aromatic rings. The Morgan fingerprint density at radius 1 is 1.83 bits per heavy atom. The van der Waals surface area contributed by atoms with Crippen molar-refractivity contribution in [2.24, 2.45) is 5.73 Å². The SMILES string of the molecule is CC(N)(/C=C\CC#N)C(=O)O.Cl. The summed E-state index contributed by atoms with van der Waals surface area (Å²) in [7, 11) is 0. The number of carboxylic acids is 1. The summed E-state index contributed by atoms with van der Waals surface area (Å²) < 4.78 is 0. The molecule has 12 heavy (non-hydrogen) atoms. The minimum absolute atomic E-state index is 0. The predicted octanol–water partition coefficient (Wildman–Crippen LogP) is 0.680. The van der Waals surface area contributed by atoms with Crippen molar-refractivity contribution in [3.63, 3.8) is 0 Å². The number of halogens is 1. The number of allylic oxidation sites excluding steroid dienone is 1. The Morgan fingerprint density at radius 2 is 2.33 bits per heavy atom. The standard InChI is InChI=1S/C7H10N2O2.ClH/c1-7(9,6(10)11)4-2-3-5-8;/h2,4H,3,9H2,1H3,(H,10,11);1H/b4-2-;. The van der Waals surface area contributed by atoms with E-state index in [1.54, 1.807) is 0 Å². The lowest BCUT2D eigenvalue weighted by molar-refractivity contribution is -0.140. The Labute approximate surface area is 77.1 Å². The molecule has 0 bridgehead atoms. The Balaban J connectivity index is 0. The fourth-order valence-corrected chi connectivity index (χ4v) is 0.428. The quantitative estimate of drug-likeness (QED) is 0.641. The van der Waals surface area contributed by atoms with E-state index in [9.17, 15) is 4.79 Å². The Hall–Kier alpha value is -1.05. The van der Waals surface area contributed by atoms with Gasteiger partial charge in [-0.1, -0.05) is 12.2 Å². The maximum atomic E-state index is 10.4. The summed E-state index contributed by atoms with van der Waals surface area (Å²) >= 11 is 0. The van der Waals surface area contributed by atoms with Gasteiger partial charge >= 0.3 is 5.97 Å². The van der Waals surface area contributed by atoms with Crippen LogP contribution in [0.25, 0.3) is 0 Å². The highest BCUT2D eigenvalue weighted by Gasteiger charge is 2.23. The fraction of sp³-hybridized carbons (Fsp3) is 0.429. The normalized spacial score (nSPS) is 14.4. The van der Waals surface area contributed by atoms with Crippen LogP contribution in [-0.2, 0) is 4.79 Å². The Kier molecular flexibility index (Phi) is 6.29. The van der Waals surface area contributed by atoms with Crippen molar-refractivity contribution in [2.75, 3.05) is 0 Å². The Bertz CT molecular complexity index is 218. The second-order valence-corrected chi connectivity index (χ2v) is 2.35. The molecule has 4 nitrogen and oxygen atoms in total. The van der Waals surface area contributed by atoms with Gasteiger partial charge in [0.25, 0.3) is 0 Å². The van der Waals surface area contributed by atoms with Crippen molar-refractivity contribution >= 4 is 18.4 Å². The van der Waals surface area contributed by atoms with Crippen LogP contribution in [0, 0.1) is 11.3 Å². The van der Waals surface area contributed by atoms with Crippen LogP contribution in [0.5, 0.6) is 0 Å². The molecule has 3 N–H and O–H groups in total. The first kappa shape index (κ1) is 13.5. The number of carboxylic acid groups (broad SMARTS) is 1. The molecule has 0 aliphatic carbocycles. The smallest absolute Gasteiger partial charge is 0.327 e. The minimum atomic E-state index is -1.36. The second-order valence-electron chi connectivity index (χ2n) is 2.35. The van der Waals surface area contributed by atoms with Crippen LogP contribution in [-0.4, -0.2) is 16.6 Å². The van der Waals surface area contributed by atoms with Crippen LogP contribution >= 0.6 is 12.4 Å². The molecule has 0 fully saturated rings. The highest BCUT2D eigenvalue weighted by Crippen LogP contribution is 2.01. The third-order valence-corrected chi connectivity index (χ3v) is 1.13. The first-order chi connectivity index (χ1) is 5.00. The molecule has 68 valence electrons. The summed E-state index contributed by atoms with van der Waals surface area (Å²) in [6, 6.07) is 1.84. The van der Waals surface area contributed by atoms with E-state index >= 15 is 0 Å². The highest BCUT2D eigenvalue weighted by molar-refractivity contribution is 5.85. The van der Waals surface area contributed by atoms with Crippen molar-refractivity contribution in [3.05, 3.63) is 12.2 Å². The lowest BCUT2D eigenvalue weighted by Crippen LogP contribution is -2.42. The van der Waals surface area contributed by atoms with Gasteiger partial charge in [0.1, 0.15) is 5.54 Å². The maximum absolute atomic E-state index is 10.4. The molecular formula is C7H11ClN2O2. The lowest BCUT2D eigenvalue weighted by Gasteiger charge is -2.12. The van der Waals surface area contributed by atoms with Gasteiger partial charge < -0.3 is 10.8 Å². The lowest BCUT2D eigenvalue weighted by atomic mass is 10.0. The molecule has 5 heteroatoms. The van der Waals surface area contributed by atoms with E-state index in [4.69, 9.17) is 16.1 Å². The third-order valence-electron chi connectivity index (χ3n) is 1.13. The van der Waals surface area contributed by atoms with Gasteiger partial charge in [0, 0.05) is 0 Å². The number of nitrogens with zero attached hydrogens (tertiary/aromatic N) is 1. The number of aliphatic carboxylic acids is 1. The Morgan fingerprint density at radius 3 is 2.67 bits per heavy atom. The number of hydrogen-bond donors (Lipinski definition) is 2. The fourth-order valence-electron chi connectivity index (χ4n) is 0.428. The minimum Gasteiger partial charge on any atom is -0.480 e. The molecule has 0 radical (unpaired) electrons. The summed E-state index contributed by atoms with van der Waals surface area (Å²) in [5.41, 5.74) is 3.94. The van der Waals surface area contributed by atoms with E-state index in [0.29, 0.717) is 0 Å². The van der Waals surface area contributed by atoms with E-state index in [1.807, 2.05) is 6.07 Å². The van der Waals surface area contributed by atoms with Gasteiger partial charge in [0.15, 0.2) is 0 Å². The molecule has 0 amide bonds. The molecule has 1 unspecified atom stereocenters. The van der Waals surface area contributed by atoms with Gasteiger partial charge in [0.2, 0.25) is 0 Å². The van der Waals surface area contributed by atoms with Crippen LogP contribution < -0.4 is 5.73 Å². The van der Waals surface area contributed by atoms with Crippen molar-refractivity contribution in [3.8, 4) is 6.07 Å². The molecule has 0 spiro atoms. The van der Waals surface area contributed by atoms with E-state index in [0.717, 1.165) is 0 Å². The van der Waals surface area contributed by atoms with Gasteiger partial charge in [-0.05, 0) is 6.92 Å². The van der Waals surface area contributed by atoms with Gasteiger partial charge in [-0.15, -0.1) is 12.4 Å². The maximum Gasteiger partial charge on any atom is 0.327 e. The molecule has 0 saturated heterocycles. The molecule has 0 rings (SSSR count). The highest BCUT2D eigenvalue weighted by atomic mass is 35.5.